The summed E-state index contributed by atoms with van der Waals surface area (Å²) in [5.41, 5.74) is 2.01. The van der Waals surface area contributed by atoms with Gasteiger partial charge in [0.05, 0.1) is 33.7 Å². The van der Waals surface area contributed by atoms with Crippen molar-refractivity contribution < 1.29 is 17.9 Å². The Labute approximate surface area is 198 Å². The number of rotatable bonds is 8. The maximum Gasteiger partial charge on any atom is 0.337 e. The van der Waals surface area contributed by atoms with Crippen LogP contribution in [-0.4, -0.2) is 25.8 Å². The van der Waals surface area contributed by atoms with Crippen LogP contribution in [0.2, 0.25) is 10.0 Å². The van der Waals surface area contributed by atoms with E-state index in [1.54, 1.807) is 24.3 Å². The van der Waals surface area contributed by atoms with Crippen molar-refractivity contribution in [3.05, 3.63) is 99.5 Å². The van der Waals surface area contributed by atoms with Crippen molar-refractivity contribution in [2.75, 3.05) is 7.11 Å². The first-order chi connectivity index (χ1) is 15.3. The predicted octanol–water partition coefficient (Wildman–Crippen LogP) is 6.12. The van der Waals surface area contributed by atoms with Crippen molar-refractivity contribution in [1.82, 2.24) is 4.31 Å². The molecule has 8 heteroatoms. The first kappa shape index (κ1) is 24.3. The van der Waals surface area contributed by atoms with Crippen molar-refractivity contribution in [2.24, 2.45) is 0 Å². The summed E-state index contributed by atoms with van der Waals surface area (Å²) in [6.45, 7) is 2.05. The number of benzene rings is 3. The topological polar surface area (TPSA) is 63.7 Å². The molecule has 3 aromatic carbocycles. The molecule has 0 saturated carbocycles. The Hall–Kier alpha value is -2.38. The van der Waals surface area contributed by atoms with Crippen molar-refractivity contribution in [2.45, 2.75) is 30.8 Å². The van der Waals surface area contributed by atoms with Gasteiger partial charge < -0.3 is 4.74 Å². The number of nitrogens with zero attached hydrogens (tertiary/aromatic N) is 1. The molecule has 0 radical (unpaired) electrons. The average molecular weight is 492 g/mol. The minimum atomic E-state index is -3.93. The van der Waals surface area contributed by atoms with Crippen molar-refractivity contribution >= 4 is 39.2 Å². The fraction of sp³-hybridized carbons (Fsp3) is 0.208. The van der Waals surface area contributed by atoms with E-state index in [-0.39, 0.29) is 21.5 Å². The minimum Gasteiger partial charge on any atom is -0.465 e. The van der Waals surface area contributed by atoms with Gasteiger partial charge in [0.1, 0.15) is 0 Å². The zero-order chi connectivity index (χ0) is 23.3. The van der Waals surface area contributed by atoms with Gasteiger partial charge in [-0.25, -0.2) is 13.2 Å². The van der Waals surface area contributed by atoms with E-state index >= 15 is 0 Å². The number of methoxy groups -OCH3 is 1. The van der Waals surface area contributed by atoms with Crippen LogP contribution in [0.25, 0.3) is 0 Å². The van der Waals surface area contributed by atoms with Crippen LogP contribution in [0.5, 0.6) is 0 Å². The fourth-order valence-corrected chi connectivity index (χ4v) is 5.53. The van der Waals surface area contributed by atoms with Gasteiger partial charge >= 0.3 is 5.97 Å². The van der Waals surface area contributed by atoms with E-state index in [9.17, 15) is 13.2 Å². The Kier molecular flexibility index (Phi) is 7.96. The highest BCUT2D eigenvalue weighted by Gasteiger charge is 2.32. The van der Waals surface area contributed by atoms with E-state index in [1.165, 1.54) is 29.6 Å². The molecule has 32 heavy (non-hydrogen) atoms. The normalized spacial score (nSPS) is 12.5. The Morgan fingerprint density at radius 2 is 1.62 bits per heavy atom. The number of hydrogen-bond acceptors (Lipinski definition) is 4. The molecule has 0 unspecified atom stereocenters. The van der Waals surface area contributed by atoms with E-state index in [0.29, 0.717) is 12.0 Å². The van der Waals surface area contributed by atoms with E-state index in [4.69, 9.17) is 27.9 Å². The summed E-state index contributed by atoms with van der Waals surface area (Å²) in [7, 11) is -2.62. The summed E-state index contributed by atoms with van der Waals surface area (Å²) in [4.78, 5) is 11.8. The van der Waals surface area contributed by atoms with Gasteiger partial charge in [-0.05, 0) is 47.9 Å². The Morgan fingerprint density at radius 3 is 2.19 bits per heavy atom. The predicted molar refractivity (Wildman–Crippen MR) is 126 cm³/mol. The Morgan fingerprint density at radius 1 is 0.969 bits per heavy atom. The van der Waals surface area contributed by atoms with E-state index < -0.39 is 22.0 Å². The lowest BCUT2D eigenvalue weighted by Gasteiger charge is -2.31. The summed E-state index contributed by atoms with van der Waals surface area (Å²) in [5, 5.41) is 0.452. The van der Waals surface area contributed by atoms with Gasteiger partial charge in [-0.2, -0.15) is 4.31 Å². The van der Waals surface area contributed by atoms with E-state index in [1.807, 2.05) is 37.3 Å². The molecule has 1 atom stereocenters. The number of sulfonamides is 1. The number of esters is 1. The van der Waals surface area contributed by atoms with Crippen molar-refractivity contribution in [1.29, 1.82) is 0 Å². The second-order valence-electron chi connectivity index (χ2n) is 7.15. The third kappa shape index (κ3) is 5.33. The van der Waals surface area contributed by atoms with Gasteiger partial charge in [-0.15, -0.1) is 0 Å². The molecule has 0 saturated heterocycles. The van der Waals surface area contributed by atoms with Gasteiger partial charge in [0, 0.05) is 6.54 Å². The highest BCUT2D eigenvalue weighted by molar-refractivity contribution is 7.89. The molecule has 0 heterocycles. The van der Waals surface area contributed by atoms with E-state index in [0.717, 1.165) is 11.1 Å². The van der Waals surface area contributed by atoms with Crippen LogP contribution in [0, 0.1) is 0 Å². The lowest BCUT2D eigenvalue weighted by Crippen LogP contribution is -2.34. The van der Waals surface area contributed by atoms with Crippen LogP contribution in [0.3, 0.4) is 0 Å². The molecule has 0 bridgehead atoms. The number of halogens is 2. The zero-order valence-electron chi connectivity index (χ0n) is 17.7. The molecular weight excluding hydrogens is 469 g/mol. The average Bonchev–Trinajstić information content (AvgIpc) is 2.81. The maximum absolute atomic E-state index is 13.7. The van der Waals surface area contributed by atoms with Crippen LogP contribution in [0.1, 0.15) is 40.9 Å². The third-order valence-corrected chi connectivity index (χ3v) is 7.72. The number of carbonyl (C=O) groups excluding carboxylic acids is 1. The quantitative estimate of drug-likeness (QED) is 0.356. The van der Waals surface area contributed by atoms with Gasteiger partial charge in [0.15, 0.2) is 0 Å². The molecule has 3 aromatic rings. The van der Waals surface area contributed by atoms with Gasteiger partial charge in [0.25, 0.3) is 0 Å². The lowest BCUT2D eigenvalue weighted by atomic mass is 10.0. The maximum atomic E-state index is 13.7. The summed E-state index contributed by atoms with van der Waals surface area (Å²) in [6.07, 6.45) is 0.560. The SMILES string of the molecule is CC[C@@H](c1ccccc1)N(Cc1ccc(C(=O)OC)cc1)S(=O)(=O)c1ccc(Cl)c(Cl)c1. The summed E-state index contributed by atoms with van der Waals surface area (Å²) >= 11 is 12.1. The standard InChI is InChI=1S/C24H23Cl2NO4S/c1-3-23(18-7-5-4-6-8-18)27(16-17-9-11-19(12-10-17)24(28)31-2)32(29,30)20-13-14-21(25)22(26)15-20/h4-15,23H,3,16H2,1-2H3/t23-/m0/s1. The highest BCUT2D eigenvalue weighted by Crippen LogP contribution is 2.34. The molecular formula is C24H23Cl2NO4S. The van der Waals surface area contributed by atoms with Gasteiger partial charge in [-0.3, -0.25) is 0 Å². The lowest BCUT2D eigenvalue weighted by molar-refractivity contribution is 0.0600. The van der Waals surface area contributed by atoms with Crippen LogP contribution in [0.4, 0.5) is 0 Å². The molecule has 0 aliphatic heterocycles. The highest BCUT2D eigenvalue weighted by atomic mass is 35.5. The van der Waals surface area contributed by atoms with Crippen LogP contribution in [0.15, 0.2) is 77.7 Å². The molecule has 0 fully saturated rings. The van der Waals surface area contributed by atoms with Crippen LogP contribution >= 0.6 is 23.2 Å². The van der Waals surface area contributed by atoms with Crippen molar-refractivity contribution in [3.63, 3.8) is 0 Å². The third-order valence-electron chi connectivity index (χ3n) is 5.13. The second-order valence-corrected chi connectivity index (χ2v) is 9.85. The van der Waals surface area contributed by atoms with Crippen molar-refractivity contribution in [3.8, 4) is 0 Å². The van der Waals surface area contributed by atoms with Crippen LogP contribution in [-0.2, 0) is 21.3 Å². The first-order valence-electron chi connectivity index (χ1n) is 9.97. The minimum absolute atomic E-state index is 0.0625. The largest absolute Gasteiger partial charge is 0.465 e. The Balaban J connectivity index is 2.06. The number of ether oxygens (including phenoxy) is 1. The number of hydrogen-bond donors (Lipinski definition) is 0. The molecule has 0 N–H and O–H groups in total. The summed E-state index contributed by atoms with van der Waals surface area (Å²) in [5.74, 6) is -0.451. The smallest absolute Gasteiger partial charge is 0.337 e. The van der Waals surface area contributed by atoms with Gasteiger partial charge in [-0.1, -0.05) is 72.6 Å². The molecule has 0 amide bonds. The van der Waals surface area contributed by atoms with E-state index in [2.05, 4.69) is 0 Å². The zero-order valence-corrected chi connectivity index (χ0v) is 20.0. The molecule has 168 valence electrons. The van der Waals surface area contributed by atoms with Gasteiger partial charge in [0.2, 0.25) is 10.0 Å². The first-order valence-corrected chi connectivity index (χ1v) is 12.2. The molecule has 3 rings (SSSR count). The number of carbonyl (C=O) groups is 1. The summed E-state index contributed by atoms with van der Waals surface area (Å²) in [6, 6.07) is 20.0. The fourth-order valence-electron chi connectivity index (χ4n) is 3.46. The van der Waals surface area contributed by atoms with Crippen LogP contribution < -0.4 is 0 Å². The Bertz CT molecular complexity index is 1180. The molecule has 0 aromatic heterocycles. The molecule has 0 aliphatic carbocycles. The summed E-state index contributed by atoms with van der Waals surface area (Å²) < 4.78 is 33.7. The second kappa shape index (κ2) is 10.5. The molecule has 0 spiro atoms. The molecule has 5 nitrogen and oxygen atoms in total. The molecule has 0 aliphatic rings. The monoisotopic (exact) mass is 491 g/mol.